The quantitative estimate of drug-likeness (QED) is 0.889. The molecule has 0 saturated heterocycles. The van der Waals surface area contributed by atoms with Gasteiger partial charge in [-0.15, -0.1) is 0 Å². The molecule has 0 fully saturated rings. The van der Waals surface area contributed by atoms with Gasteiger partial charge in [0.25, 0.3) is 0 Å². The van der Waals surface area contributed by atoms with Gasteiger partial charge in [-0.2, -0.15) is 4.98 Å². The van der Waals surface area contributed by atoms with Gasteiger partial charge in [0.15, 0.2) is 0 Å². The van der Waals surface area contributed by atoms with Crippen LogP contribution in [0, 0.1) is 0 Å². The number of ether oxygens (including phenoxy) is 1. The van der Waals surface area contributed by atoms with Crippen LogP contribution < -0.4 is 9.64 Å². The maximum absolute atomic E-state index is 9.19. The van der Waals surface area contributed by atoms with Crippen LogP contribution in [-0.2, 0) is 0 Å². The molecule has 0 bridgehead atoms. The highest BCUT2D eigenvalue weighted by atomic mass is 79.9. The fourth-order valence-corrected chi connectivity index (χ4v) is 1.50. The van der Waals surface area contributed by atoms with E-state index in [1.807, 2.05) is 11.9 Å². The molecule has 1 unspecified atom stereocenters. The molecule has 0 aromatic carbocycles. The van der Waals surface area contributed by atoms with Crippen molar-refractivity contribution in [3.8, 4) is 5.88 Å². The summed E-state index contributed by atoms with van der Waals surface area (Å²) in [6, 6.07) is 0. The summed E-state index contributed by atoms with van der Waals surface area (Å²) in [6.07, 6.45) is 2.01. The summed E-state index contributed by atoms with van der Waals surface area (Å²) < 4.78 is 5.81. The van der Waals surface area contributed by atoms with Crippen molar-refractivity contribution in [3.05, 3.63) is 10.7 Å². The summed E-state index contributed by atoms with van der Waals surface area (Å²) in [5, 5.41) is 9.19. The van der Waals surface area contributed by atoms with Crippen molar-refractivity contribution in [2.45, 2.75) is 19.4 Å². The minimum atomic E-state index is -0.320. The van der Waals surface area contributed by atoms with E-state index in [4.69, 9.17) is 4.74 Å². The zero-order valence-electron chi connectivity index (χ0n) is 9.64. The van der Waals surface area contributed by atoms with Crippen LogP contribution in [0.2, 0.25) is 0 Å². The molecule has 1 aromatic rings. The van der Waals surface area contributed by atoms with Gasteiger partial charge < -0.3 is 14.7 Å². The van der Waals surface area contributed by atoms with Gasteiger partial charge in [-0.1, -0.05) is 0 Å². The standard InChI is InChI=1S/C10H16BrN3O2/c1-7(15)4-5-14(2)10-12-6-8(11)9(13-10)16-3/h6-7,15H,4-5H2,1-3H3. The lowest BCUT2D eigenvalue weighted by Gasteiger charge is -2.18. The van der Waals surface area contributed by atoms with Crippen molar-refractivity contribution in [2.24, 2.45) is 0 Å². The summed E-state index contributed by atoms with van der Waals surface area (Å²) in [7, 11) is 3.44. The molecule has 0 amide bonds. The van der Waals surface area contributed by atoms with E-state index >= 15 is 0 Å². The highest BCUT2D eigenvalue weighted by molar-refractivity contribution is 9.10. The van der Waals surface area contributed by atoms with Crippen LogP contribution in [0.4, 0.5) is 5.95 Å². The van der Waals surface area contributed by atoms with Crippen LogP contribution in [0.25, 0.3) is 0 Å². The Kier molecular flexibility index (Phi) is 4.95. The zero-order chi connectivity index (χ0) is 12.1. The minimum Gasteiger partial charge on any atom is -0.480 e. The van der Waals surface area contributed by atoms with Crippen LogP contribution in [0.1, 0.15) is 13.3 Å². The van der Waals surface area contributed by atoms with Gasteiger partial charge in [0.1, 0.15) is 0 Å². The zero-order valence-corrected chi connectivity index (χ0v) is 11.2. The second-order valence-electron chi connectivity index (χ2n) is 3.59. The second-order valence-corrected chi connectivity index (χ2v) is 4.44. The first-order valence-electron chi connectivity index (χ1n) is 5.00. The fourth-order valence-electron chi connectivity index (χ4n) is 1.15. The molecular weight excluding hydrogens is 274 g/mol. The molecule has 6 heteroatoms. The molecule has 1 heterocycles. The molecule has 1 atom stereocenters. The smallest absolute Gasteiger partial charge is 0.232 e. The first-order valence-corrected chi connectivity index (χ1v) is 5.79. The molecular formula is C10H16BrN3O2. The fraction of sp³-hybridized carbons (Fsp3) is 0.600. The highest BCUT2D eigenvalue weighted by Crippen LogP contribution is 2.22. The molecule has 0 aliphatic heterocycles. The Morgan fingerprint density at radius 2 is 2.31 bits per heavy atom. The van der Waals surface area contributed by atoms with E-state index in [0.717, 1.165) is 4.47 Å². The van der Waals surface area contributed by atoms with Crippen LogP contribution >= 0.6 is 15.9 Å². The lowest BCUT2D eigenvalue weighted by molar-refractivity contribution is 0.186. The minimum absolute atomic E-state index is 0.320. The van der Waals surface area contributed by atoms with Crippen LogP contribution in [0.5, 0.6) is 5.88 Å². The molecule has 5 nitrogen and oxygen atoms in total. The van der Waals surface area contributed by atoms with Crippen LogP contribution in [0.3, 0.4) is 0 Å². The number of aliphatic hydroxyl groups excluding tert-OH is 1. The first kappa shape index (κ1) is 13.2. The van der Waals surface area contributed by atoms with Crippen LogP contribution in [-0.4, -0.2) is 41.9 Å². The molecule has 0 spiro atoms. The maximum atomic E-state index is 9.19. The Bertz CT molecular complexity index is 347. The topological polar surface area (TPSA) is 58.5 Å². The molecule has 90 valence electrons. The summed E-state index contributed by atoms with van der Waals surface area (Å²) >= 11 is 3.29. The Labute approximate surface area is 104 Å². The number of methoxy groups -OCH3 is 1. The van der Waals surface area contributed by atoms with E-state index in [1.54, 1.807) is 20.2 Å². The normalized spacial score (nSPS) is 12.3. The summed E-state index contributed by atoms with van der Waals surface area (Å²) in [6.45, 7) is 2.46. The predicted molar refractivity (Wildman–Crippen MR) is 65.9 cm³/mol. The third-order valence-corrected chi connectivity index (χ3v) is 2.66. The number of aromatic nitrogens is 2. The summed E-state index contributed by atoms with van der Waals surface area (Å²) in [4.78, 5) is 10.3. The predicted octanol–water partition coefficient (Wildman–Crippen LogP) is 1.45. The molecule has 0 aliphatic rings. The van der Waals surface area contributed by atoms with Gasteiger partial charge in [-0.3, -0.25) is 0 Å². The second kappa shape index (κ2) is 6.00. The SMILES string of the molecule is COc1nc(N(C)CCC(C)O)ncc1Br. The van der Waals surface area contributed by atoms with Gasteiger partial charge in [0, 0.05) is 13.6 Å². The van der Waals surface area contributed by atoms with Crippen molar-refractivity contribution < 1.29 is 9.84 Å². The number of halogens is 1. The summed E-state index contributed by atoms with van der Waals surface area (Å²) in [5.74, 6) is 1.09. The van der Waals surface area contributed by atoms with Gasteiger partial charge in [-0.05, 0) is 29.3 Å². The van der Waals surface area contributed by atoms with Gasteiger partial charge in [0.2, 0.25) is 11.8 Å². The van der Waals surface area contributed by atoms with Crippen molar-refractivity contribution in [1.29, 1.82) is 0 Å². The van der Waals surface area contributed by atoms with E-state index in [2.05, 4.69) is 25.9 Å². The van der Waals surface area contributed by atoms with Crippen LogP contribution in [0.15, 0.2) is 10.7 Å². The first-order chi connectivity index (χ1) is 7.54. The molecule has 1 rings (SSSR count). The van der Waals surface area contributed by atoms with Gasteiger partial charge in [-0.25, -0.2) is 4.98 Å². The Balaban J connectivity index is 2.72. The molecule has 0 aliphatic carbocycles. The average Bonchev–Trinajstić information content (AvgIpc) is 2.26. The number of nitrogens with zero attached hydrogens (tertiary/aromatic N) is 3. The van der Waals surface area contributed by atoms with E-state index in [9.17, 15) is 5.11 Å². The highest BCUT2D eigenvalue weighted by Gasteiger charge is 2.09. The maximum Gasteiger partial charge on any atom is 0.232 e. The van der Waals surface area contributed by atoms with Crippen molar-refractivity contribution in [3.63, 3.8) is 0 Å². The average molecular weight is 290 g/mol. The largest absolute Gasteiger partial charge is 0.480 e. The lowest BCUT2D eigenvalue weighted by Crippen LogP contribution is -2.23. The molecule has 0 radical (unpaired) electrons. The number of hydrogen-bond donors (Lipinski definition) is 1. The number of aliphatic hydroxyl groups is 1. The van der Waals surface area contributed by atoms with Gasteiger partial charge in [0.05, 0.1) is 23.9 Å². The molecule has 0 saturated carbocycles. The number of hydrogen-bond acceptors (Lipinski definition) is 5. The van der Waals surface area contributed by atoms with Gasteiger partial charge >= 0.3 is 0 Å². The third-order valence-electron chi connectivity index (χ3n) is 2.12. The Morgan fingerprint density at radius 3 is 2.88 bits per heavy atom. The Hall–Kier alpha value is -0.880. The van der Waals surface area contributed by atoms with E-state index in [-0.39, 0.29) is 6.10 Å². The van der Waals surface area contributed by atoms with E-state index < -0.39 is 0 Å². The number of anilines is 1. The Morgan fingerprint density at radius 1 is 1.62 bits per heavy atom. The third kappa shape index (κ3) is 3.61. The van der Waals surface area contributed by atoms with E-state index in [0.29, 0.717) is 24.8 Å². The molecule has 16 heavy (non-hydrogen) atoms. The molecule has 1 N–H and O–H groups in total. The number of rotatable bonds is 5. The lowest BCUT2D eigenvalue weighted by atomic mass is 10.3. The van der Waals surface area contributed by atoms with Crippen molar-refractivity contribution in [2.75, 3.05) is 25.6 Å². The molecule has 1 aromatic heterocycles. The summed E-state index contributed by atoms with van der Waals surface area (Å²) in [5.41, 5.74) is 0. The van der Waals surface area contributed by atoms with E-state index in [1.165, 1.54) is 0 Å². The van der Waals surface area contributed by atoms with Crippen molar-refractivity contribution >= 4 is 21.9 Å². The monoisotopic (exact) mass is 289 g/mol. The van der Waals surface area contributed by atoms with Crippen molar-refractivity contribution in [1.82, 2.24) is 9.97 Å².